The van der Waals surface area contributed by atoms with Crippen molar-refractivity contribution in [2.45, 2.75) is 25.7 Å². The van der Waals surface area contributed by atoms with E-state index in [1.807, 2.05) is 0 Å². The molecule has 0 aromatic carbocycles. The molecular formula is C9H17V3W-3. The molecule has 0 saturated heterocycles. The molecule has 0 amide bonds. The van der Waals surface area contributed by atoms with E-state index in [0.717, 1.165) is 0 Å². The van der Waals surface area contributed by atoms with Crippen LogP contribution in [0, 0.1) is 33.1 Å². The Morgan fingerprint density at radius 1 is 0.769 bits per heavy atom. The van der Waals surface area contributed by atoms with Gasteiger partial charge in [0.2, 0.25) is 0 Å². The maximum atomic E-state index is 4.02. The van der Waals surface area contributed by atoms with Gasteiger partial charge in [0.1, 0.15) is 0 Å². The van der Waals surface area contributed by atoms with Crippen LogP contribution in [0.1, 0.15) is 25.7 Å². The van der Waals surface area contributed by atoms with Crippen molar-refractivity contribution in [3.8, 4) is 0 Å². The molecule has 1 saturated carbocycles. The van der Waals surface area contributed by atoms with Gasteiger partial charge in [-0.15, -0.1) is 0 Å². The molecule has 2 atom stereocenters. The number of rotatable bonds is 0. The van der Waals surface area contributed by atoms with Crippen molar-refractivity contribution in [1.29, 1.82) is 0 Å². The molecule has 13 heavy (non-hydrogen) atoms. The normalized spacial score (nSPS) is 24.5. The van der Waals surface area contributed by atoms with E-state index in [4.69, 9.17) is 0 Å². The second-order valence-electron chi connectivity index (χ2n) is 2.80. The summed E-state index contributed by atoms with van der Waals surface area (Å²) in [4.78, 5) is 0. The van der Waals surface area contributed by atoms with Gasteiger partial charge in [-0.1, -0.05) is 25.7 Å². The smallest absolute Gasteiger partial charge is 0 e. The van der Waals surface area contributed by atoms with Crippen LogP contribution in [-0.2, 0) is 76.7 Å². The van der Waals surface area contributed by atoms with E-state index in [1.165, 1.54) is 25.7 Å². The molecule has 1 aliphatic carbocycles. The zero-order valence-corrected chi connectivity index (χ0v) is 15.3. The second kappa shape index (κ2) is 16.9. The van der Waals surface area contributed by atoms with Crippen LogP contribution in [0.4, 0.5) is 0 Å². The molecule has 1 fully saturated rings. The van der Waals surface area contributed by atoms with Crippen molar-refractivity contribution in [3.05, 3.63) is 21.3 Å². The van der Waals surface area contributed by atoms with Crippen LogP contribution < -0.4 is 0 Å². The summed E-state index contributed by atoms with van der Waals surface area (Å²) in [6.45, 7) is 8.03. The monoisotopic (exact) mass is 462 g/mol. The topological polar surface area (TPSA) is 0 Å². The van der Waals surface area contributed by atoms with Crippen LogP contribution in [0.15, 0.2) is 0 Å². The molecule has 0 heterocycles. The summed E-state index contributed by atoms with van der Waals surface area (Å²) in [5.74, 6) is 1.28. The molecule has 0 spiro atoms. The van der Waals surface area contributed by atoms with Crippen molar-refractivity contribution in [3.63, 3.8) is 0 Å². The molecule has 4 heteroatoms. The van der Waals surface area contributed by atoms with Crippen molar-refractivity contribution < 1.29 is 76.7 Å². The average molecular weight is 462 g/mol. The first-order chi connectivity index (χ1) is 3.80. The summed E-state index contributed by atoms with van der Waals surface area (Å²) < 4.78 is 0. The fourth-order valence-electron chi connectivity index (χ4n) is 1.28. The van der Waals surface area contributed by atoms with E-state index < -0.39 is 0 Å². The van der Waals surface area contributed by atoms with Crippen molar-refractivity contribution in [2.75, 3.05) is 0 Å². The van der Waals surface area contributed by atoms with Gasteiger partial charge in [-0.25, -0.2) is 0 Å². The third kappa shape index (κ3) is 12.4. The zero-order chi connectivity index (χ0) is 5.98. The summed E-state index contributed by atoms with van der Waals surface area (Å²) in [7, 11) is 0. The Morgan fingerprint density at radius 2 is 1.00 bits per heavy atom. The second-order valence-corrected chi connectivity index (χ2v) is 2.80. The molecule has 0 N–H and O–H groups in total. The first-order valence-electron chi connectivity index (χ1n) is 3.47. The van der Waals surface area contributed by atoms with Crippen LogP contribution in [0.3, 0.4) is 0 Å². The first kappa shape index (κ1) is 29.5. The molecule has 2 unspecified atom stereocenters. The predicted octanol–water partition coefficient (Wildman–Crippen LogP) is 2.90. The van der Waals surface area contributed by atoms with E-state index in [-0.39, 0.29) is 84.2 Å². The van der Waals surface area contributed by atoms with Crippen LogP contribution >= 0.6 is 0 Å². The Kier molecular flexibility index (Phi) is 38.3. The van der Waals surface area contributed by atoms with Crippen molar-refractivity contribution in [2.24, 2.45) is 11.8 Å². The molecule has 0 aromatic rings. The van der Waals surface area contributed by atoms with Gasteiger partial charge in [-0.05, 0) is 0 Å². The van der Waals surface area contributed by atoms with Crippen LogP contribution in [-0.4, -0.2) is 0 Å². The molecule has 0 bridgehead atoms. The zero-order valence-electron chi connectivity index (χ0n) is 8.15. The molecule has 77 valence electrons. The summed E-state index contributed by atoms with van der Waals surface area (Å²) in [6.07, 6.45) is 5.35. The SMILES string of the molecule is [CH2-]C1CCCCC1[CH2-].[CH3-].[V].[V].[V].[W]. The van der Waals surface area contributed by atoms with Crippen molar-refractivity contribution in [1.82, 2.24) is 0 Å². The minimum atomic E-state index is 0. The van der Waals surface area contributed by atoms with Crippen LogP contribution in [0.25, 0.3) is 0 Å². The third-order valence-corrected chi connectivity index (χ3v) is 2.07. The van der Waals surface area contributed by atoms with Gasteiger partial charge in [-0.2, -0.15) is 11.8 Å². The van der Waals surface area contributed by atoms with E-state index in [0.29, 0.717) is 11.8 Å². The van der Waals surface area contributed by atoms with E-state index in [9.17, 15) is 0 Å². The van der Waals surface area contributed by atoms with Gasteiger partial charge in [-0.3, -0.25) is 0 Å². The molecule has 1 rings (SSSR count). The van der Waals surface area contributed by atoms with Gasteiger partial charge >= 0.3 is 0 Å². The van der Waals surface area contributed by atoms with Gasteiger partial charge in [0.15, 0.2) is 0 Å². The standard InChI is InChI=1S/C8H14.CH3.3V.W/c1-7-5-3-4-6-8(7)2;;;;;/h7-8H,1-6H2;1H3;;;;/q-2;-1;;;;. The maximum absolute atomic E-state index is 4.02. The van der Waals surface area contributed by atoms with E-state index in [2.05, 4.69) is 13.8 Å². The average Bonchev–Trinajstić information content (AvgIpc) is 1.77. The van der Waals surface area contributed by atoms with Gasteiger partial charge < -0.3 is 21.3 Å². The van der Waals surface area contributed by atoms with Gasteiger partial charge in [0.05, 0.1) is 0 Å². The summed E-state index contributed by atoms with van der Waals surface area (Å²) in [5, 5.41) is 0. The van der Waals surface area contributed by atoms with Gasteiger partial charge in [0.25, 0.3) is 0 Å². The van der Waals surface area contributed by atoms with Crippen LogP contribution in [0.5, 0.6) is 0 Å². The predicted molar refractivity (Wildman–Crippen MR) is 42.6 cm³/mol. The minimum Gasteiger partial charge on any atom is -0.358 e. The van der Waals surface area contributed by atoms with Gasteiger partial charge in [0, 0.05) is 76.7 Å². The first-order valence-corrected chi connectivity index (χ1v) is 3.47. The Hall–Kier alpha value is 2.44. The Balaban J connectivity index is -0.0000000427. The minimum absolute atomic E-state index is 0. The molecule has 0 aromatic heterocycles. The Bertz CT molecular complexity index is 71.3. The molecule has 3 radical (unpaired) electrons. The summed E-state index contributed by atoms with van der Waals surface area (Å²) >= 11 is 0. The Morgan fingerprint density at radius 3 is 1.15 bits per heavy atom. The number of hydrogen-bond acceptors (Lipinski definition) is 0. The molecule has 0 aliphatic heterocycles. The quantitative estimate of drug-likeness (QED) is 0.487. The summed E-state index contributed by atoms with van der Waals surface area (Å²) in [6, 6.07) is 0. The third-order valence-electron chi connectivity index (χ3n) is 2.07. The molecule has 1 aliphatic rings. The van der Waals surface area contributed by atoms with Crippen molar-refractivity contribution >= 4 is 0 Å². The maximum Gasteiger partial charge on any atom is 0 e. The van der Waals surface area contributed by atoms with E-state index in [1.54, 1.807) is 0 Å². The largest absolute Gasteiger partial charge is 0.358 e. The van der Waals surface area contributed by atoms with Crippen LogP contribution in [0.2, 0.25) is 0 Å². The molecule has 0 nitrogen and oxygen atoms in total. The Labute approximate surface area is 134 Å². The van der Waals surface area contributed by atoms with E-state index >= 15 is 0 Å². The summed E-state index contributed by atoms with van der Waals surface area (Å²) in [5.41, 5.74) is 0. The fraction of sp³-hybridized carbons (Fsp3) is 0.667. The number of hydrogen-bond donors (Lipinski definition) is 0. The molecular weight excluding hydrogens is 445 g/mol. The fourth-order valence-corrected chi connectivity index (χ4v) is 1.28.